The molecule has 0 aliphatic carbocycles. The summed E-state index contributed by atoms with van der Waals surface area (Å²) in [5.74, 6) is -0.646. The number of nitrogens with one attached hydrogen (secondary N) is 1. The van der Waals surface area contributed by atoms with Crippen molar-refractivity contribution in [2.24, 2.45) is 0 Å². The van der Waals surface area contributed by atoms with Gasteiger partial charge >= 0.3 is 5.97 Å². The van der Waals surface area contributed by atoms with E-state index in [4.69, 9.17) is 5.11 Å². The third kappa shape index (κ3) is 2.60. The van der Waals surface area contributed by atoms with Crippen LogP contribution in [0.25, 0.3) is 0 Å². The second-order valence-electron chi connectivity index (χ2n) is 3.71. The van der Waals surface area contributed by atoms with Crippen molar-refractivity contribution in [3.05, 3.63) is 47.7 Å². The molecule has 0 radical (unpaired) electrons. The van der Waals surface area contributed by atoms with Crippen molar-refractivity contribution in [3.8, 4) is 0 Å². The van der Waals surface area contributed by atoms with Gasteiger partial charge in [-0.2, -0.15) is 0 Å². The van der Waals surface area contributed by atoms with E-state index < -0.39 is 5.97 Å². The third-order valence-corrected chi connectivity index (χ3v) is 2.45. The van der Waals surface area contributed by atoms with E-state index in [-0.39, 0.29) is 5.56 Å². The van der Waals surface area contributed by atoms with Gasteiger partial charge in [0.1, 0.15) is 17.7 Å². The Morgan fingerprint density at radius 2 is 2.17 bits per heavy atom. The molecule has 2 aromatic heterocycles. The van der Waals surface area contributed by atoms with Crippen molar-refractivity contribution < 1.29 is 9.90 Å². The highest BCUT2D eigenvalue weighted by Gasteiger charge is 2.13. The molecule has 92 valence electrons. The molecule has 0 bridgehead atoms. The number of carboxylic acid groups (broad SMARTS) is 1. The Labute approximate surface area is 104 Å². The van der Waals surface area contributed by atoms with Gasteiger partial charge in [0.05, 0.1) is 12.2 Å². The second kappa shape index (κ2) is 5.22. The predicted octanol–water partition coefficient (Wildman–Crippen LogP) is 1.49. The molecule has 0 amide bonds. The minimum absolute atomic E-state index is 0.187. The zero-order valence-corrected chi connectivity index (χ0v) is 9.79. The van der Waals surface area contributed by atoms with Gasteiger partial charge in [-0.25, -0.2) is 19.7 Å². The van der Waals surface area contributed by atoms with E-state index in [2.05, 4.69) is 20.3 Å². The van der Waals surface area contributed by atoms with E-state index >= 15 is 0 Å². The molecule has 2 rings (SSSR count). The highest BCUT2D eigenvalue weighted by atomic mass is 16.4. The summed E-state index contributed by atoms with van der Waals surface area (Å²) in [6, 6.07) is 3.42. The van der Waals surface area contributed by atoms with Crippen LogP contribution < -0.4 is 5.32 Å². The summed E-state index contributed by atoms with van der Waals surface area (Å²) >= 11 is 0. The highest BCUT2D eigenvalue weighted by Crippen LogP contribution is 2.16. The quantitative estimate of drug-likeness (QED) is 0.847. The Morgan fingerprint density at radius 1 is 1.33 bits per heavy atom. The van der Waals surface area contributed by atoms with Crippen LogP contribution >= 0.6 is 0 Å². The van der Waals surface area contributed by atoms with Crippen LogP contribution in [-0.4, -0.2) is 26.0 Å². The van der Waals surface area contributed by atoms with Gasteiger partial charge in [0.15, 0.2) is 0 Å². The summed E-state index contributed by atoms with van der Waals surface area (Å²) in [7, 11) is 0. The number of rotatable bonds is 4. The van der Waals surface area contributed by atoms with Gasteiger partial charge in [-0.15, -0.1) is 0 Å². The zero-order chi connectivity index (χ0) is 13.0. The van der Waals surface area contributed by atoms with Gasteiger partial charge in [-0.05, 0) is 24.6 Å². The van der Waals surface area contributed by atoms with Crippen LogP contribution in [0.3, 0.4) is 0 Å². The minimum Gasteiger partial charge on any atom is -0.478 e. The molecular formula is C12H12N4O2. The smallest absolute Gasteiger partial charge is 0.339 e. The molecule has 0 aliphatic rings. The largest absolute Gasteiger partial charge is 0.478 e. The molecule has 2 N–H and O–H groups in total. The molecular weight excluding hydrogens is 232 g/mol. The fraction of sp³-hybridized carbons (Fsp3) is 0.167. The lowest BCUT2D eigenvalue weighted by Crippen LogP contribution is -2.10. The van der Waals surface area contributed by atoms with Crippen molar-refractivity contribution in [3.63, 3.8) is 0 Å². The Kier molecular flexibility index (Phi) is 3.47. The molecule has 0 saturated carbocycles. The first-order chi connectivity index (χ1) is 8.68. The predicted molar refractivity (Wildman–Crippen MR) is 65.3 cm³/mol. The molecule has 2 aromatic rings. The summed E-state index contributed by atoms with van der Waals surface area (Å²) in [5, 5.41) is 12.1. The highest BCUT2D eigenvalue weighted by molar-refractivity contribution is 5.94. The van der Waals surface area contributed by atoms with Crippen LogP contribution in [0.15, 0.2) is 30.9 Å². The SMILES string of the molecule is Cc1ccnc(NCc2ccncn2)c1C(=O)O. The number of anilines is 1. The van der Waals surface area contributed by atoms with E-state index in [9.17, 15) is 4.79 Å². The lowest BCUT2D eigenvalue weighted by atomic mass is 10.1. The Balaban J connectivity index is 2.20. The van der Waals surface area contributed by atoms with Crippen molar-refractivity contribution in [1.29, 1.82) is 0 Å². The standard InChI is InChI=1S/C12H12N4O2/c1-8-2-5-14-11(10(8)12(17)18)15-6-9-3-4-13-7-16-9/h2-5,7H,6H2,1H3,(H,14,15)(H,17,18). The number of aromatic carboxylic acids is 1. The van der Waals surface area contributed by atoms with E-state index in [0.717, 1.165) is 5.69 Å². The van der Waals surface area contributed by atoms with E-state index in [1.54, 1.807) is 31.5 Å². The van der Waals surface area contributed by atoms with Gasteiger partial charge in [0.2, 0.25) is 0 Å². The lowest BCUT2D eigenvalue weighted by molar-refractivity contribution is 0.0697. The molecule has 6 nitrogen and oxygen atoms in total. The lowest BCUT2D eigenvalue weighted by Gasteiger charge is -2.09. The number of pyridine rings is 1. The minimum atomic E-state index is -0.995. The van der Waals surface area contributed by atoms with Crippen molar-refractivity contribution in [2.45, 2.75) is 13.5 Å². The molecule has 0 unspecified atom stereocenters. The number of carboxylic acids is 1. The Hall–Kier alpha value is -2.50. The number of carbonyl (C=O) groups is 1. The van der Waals surface area contributed by atoms with Gasteiger partial charge in [0.25, 0.3) is 0 Å². The van der Waals surface area contributed by atoms with Crippen LogP contribution in [0.1, 0.15) is 21.6 Å². The Bertz CT molecular complexity index is 557. The molecule has 0 aliphatic heterocycles. The summed E-state index contributed by atoms with van der Waals surface area (Å²) < 4.78 is 0. The molecule has 0 aromatic carbocycles. The van der Waals surface area contributed by atoms with Gasteiger partial charge in [0, 0.05) is 12.4 Å². The van der Waals surface area contributed by atoms with Crippen LogP contribution in [0, 0.1) is 6.92 Å². The van der Waals surface area contributed by atoms with Crippen LogP contribution in [-0.2, 0) is 6.54 Å². The van der Waals surface area contributed by atoms with Crippen molar-refractivity contribution in [1.82, 2.24) is 15.0 Å². The topological polar surface area (TPSA) is 88.0 Å². The van der Waals surface area contributed by atoms with E-state index in [1.807, 2.05) is 0 Å². The fourth-order valence-electron chi connectivity index (χ4n) is 1.56. The molecule has 0 fully saturated rings. The van der Waals surface area contributed by atoms with E-state index in [0.29, 0.717) is 17.9 Å². The molecule has 18 heavy (non-hydrogen) atoms. The number of aromatic nitrogens is 3. The molecule has 0 atom stereocenters. The second-order valence-corrected chi connectivity index (χ2v) is 3.71. The van der Waals surface area contributed by atoms with E-state index in [1.165, 1.54) is 6.33 Å². The average molecular weight is 244 g/mol. The van der Waals surface area contributed by atoms with Crippen LogP contribution in [0.4, 0.5) is 5.82 Å². The van der Waals surface area contributed by atoms with Gasteiger partial charge in [-0.1, -0.05) is 0 Å². The maximum Gasteiger partial charge on any atom is 0.339 e. The Morgan fingerprint density at radius 3 is 2.83 bits per heavy atom. The molecule has 2 heterocycles. The first kappa shape index (κ1) is 12.0. The fourth-order valence-corrected chi connectivity index (χ4v) is 1.56. The first-order valence-electron chi connectivity index (χ1n) is 5.36. The molecule has 0 spiro atoms. The molecule has 6 heteroatoms. The van der Waals surface area contributed by atoms with Gasteiger partial charge in [-0.3, -0.25) is 0 Å². The first-order valence-corrected chi connectivity index (χ1v) is 5.36. The van der Waals surface area contributed by atoms with Crippen LogP contribution in [0.5, 0.6) is 0 Å². The molecule has 0 saturated heterocycles. The van der Waals surface area contributed by atoms with Crippen LogP contribution in [0.2, 0.25) is 0 Å². The van der Waals surface area contributed by atoms with Crippen molar-refractivity contribution >= 4 is 11.8 Å². The summed E-state index contributed by atoms with van der Waals surface area (Å²) in [6.07, 6.45) is 4.65. The third-order valence-electron chi connectivity index (χ3n) is 2.45. The summed E-state index contributed by atoms with van der Waals surface area (Å²) in [6.45, 7) is 2.14. The number of aryl methyl sites for hydroxylation is 1. The van der Waals surface area contributed by atoms with Gasteiger partial charge < -0.3 is 10.4 Å². The zero-order valence-electron chi connectivity index (χ0n) is 9.79. The number of hydrogen-bond acceptors (Lipinski definition) is 5. The average Bonchev–Trinajstić information content (AvgIpc) is 2.37. The number of hydrogen-bond donors (Lipinski definition) is 2. The summed E-state index contributed by atoms with van der Waals surface area (Å²) in [5.41, 5.74) is 1.62. The monoisotopic (exact) mass is 244 g/mol. The number of nitrogens with zero attached hydrogens (tertiary/aromatic N) is 3. The van der Waals surface area contributed by atoms with Crippen molar-refractivity contribution in [2.75, 3.05) is 5.32 Å². The normalized spacial score (nSPS) is 10.1. The maximum atomic E-state index is 11.1. The summed E-state index contributed by atoms with van der Waals surface area (Å²) in [4.78, 5) is 23.0. The maximum absolute atomic E-state index is 11.1.